The van der Waals surface area contributed by atoms with Gasteiger partial charge in [-0.1, -0.05) is 6.07 Å². The van der Waals surface area contributed by atoms with Crippen molar-refractivity contribution in [3.63, 3.8) is 0 Å². The molecule has 11 heteroatoms. The maximum absolute atomic E-state index is 13.0. The number of aromatic nitrogens is 3. The Morgan fingerprint density at radius 3 is 2.43 bits per heavy atom. The number of carbonyl (C=O) groups is 2. The van der Waals surface area contributed by atoms with Crippen molar-refractivity contribution in [2.24, 2.45) is 0 Å². The summed E-state index contributed by atoms with van der Waals surface area (Å²) in [7, 11) is 0. The molecule has 0 saturated heterocycles. The average Bonchev–Trinajstić information content (AvgIpc) is 2.72. The number of nitrogens with one attached hydrogen (secondary N) is 2. The zero-order valence-corrected chi connectivity index (χ0v) is 15.4. The molecule has 2 amide bonds. The van der Waals surface area contributed by atoms with Gasteiger partial charge in [0.15, 0.2) is 5.69 Å². The van der Waals surface area contributed by atoms with Crippen LogP contribution in [0.3, 0.4) is 0 Å². The average molecular weight is 417 g/mol. The summed E-state index contributed by atoms with van der Waals surface area (Å²) in [5, 5.41) is 3.88. The summed E-state index contributed by atoms with van der Waals surface area (Å²) < 4.78 is 40.0. The lowest BCUT2D eigenvalue weighted by Crippen LogP contribution is -2.44. The van der Waals surface area contributed by atoms with Crippen molar-refractivity contribution < 1.29 is 22.8 Å². The number of pyridine rings is 1. The Morgan fingerprint density at radius 1 is 1.03 bits per heavy atom. The summed E-state index contributed by atoms with van der Waals surface area (Å²) >= 11 is 0. The molecule has 0 atom stereocenters. The van der Waals surface area contributed by atoms with E-state index in [1.165, 1.54) is 43.6 Å². The second-order valence-corrected chi connectivity index (χ2v) is 6.11. The van der Waals surface area contributed by atoms with E-state index in [2.05, 4.69) is 15.5 Å². The van der Waals surface area contributed by atoms with E-state index in [4.69, 9.17) is 0 Å². The first-order valence-corrected chi connectivity index (χ1v) is 8.46. The minimum atomic E-state index is -4.57. The highest BCUT2D eigenvalue weighted by Gasteiger charge is 2.30. The van der Waals surface area contributed by atoms with Crippen LogP contribution >= 0.6 is 0 Å². The largest absolute Gasteiger partial charge is 0.416 e. The van der Waals surface area contributed by atoms with Crippen LogP contribution < -0.4 is 16.3 Å². The minimum absolute atomic E-state index is 0.00997. The number of aryl methyl sites for hydroxylation is 1. The van der Waals surface area contributed by atoms with E-state index >= 15 is 0 Å². The normalized spacial score (nSPS) is 11.1. The van der Waals surface area contributed by atoms with Crippen molar-refractivity contribution in [1.29, 1.82) is 0 Å². The van der Waals surface area contributed by atoms with Crippen molar-refractivity contribution in [3.8, 4) is 5.69 Å². The van der Waals surface area contributed by atoms with Gasteiger partial charge in [-0.2, -0.15) is 18.3 Å². The number of benzene rings is 1. The number of carbonyl (C=O) groups excluding carboxylic acids is 2. The molecule has 8 nitrogen and oxygen atoms in total. The highest BCUT2D eigenvalue weighted by molar-refractivity contribution is 5.97. The lowest BCUT2D eigenvalue weighted by Gasteiger charge is -2.13. The van der Waals surface area contributed by atoms with Gasteiger partial charge in [-0.15, -0.1) is 0 Å². The Balaban J connectivity index is 1.87. The SMILES string of the molecule is Cc1cc(=O)c(C(=O)NNC(=O)c2cccnc2)nn1-c1cccc(C(F)(F)F)c1. The summed E-state index contributed by atoms with van der Waals surface area (Å²) in [4.78, 5) is 40.2. The Labute approximate surface area is 167 Å². The van der Waals surface area contributed by atoms with Crippen LogP contribution in [0, 0.1) is 6.92 Å². The Morgan fingerprint density at radius 2 is 1.77 bits per heavy atom. The smallest absolute Gasteiger partial charge is 0.287 e. The number of nitrogens with zero attached hydrogens (tertiary/aromatic N) is 3. The van der Waals surface area contributed by atoms with Gasteiger partial charge in [-0.05, 0) is 37.3 Å². The first-order valence-electron chi connectivity index (χ1n) is 8.46. The molecule has 2 N–H and O–H groups in total. The molecule has 3 aromatic rings. The number of hydrogen-bond donors (Lipinski definition) is 2. The van der Waals surface area contributed by atoms with Crippen LogP contribution in [0.5, 0.6) is 0 Å². The fourth-order valence-electron chi connectivity index (χ4n) is 2.52. The summed E-state index contributed by atoms with van der Waals surface area (Å²) in [6.07, 6.45) is -1.84. The zero-order chi connectivity index (χ0) is 21.9. The molecule has 3 rings (SSSR count). The molecular formula is C19H14F3N5O3. The van der Waals surface area contributed by atoms with Crippen molar-refractivity contribution in [1.82, 2.24) is 25.6 Å². The standard InChI is InChI=1S/C19H14F3N5O3/c1-11-8-15(28)16(18(30)25-24-17(29)12-4-3-7-23-10-12)26-27(11)14-6-2-5-13(9-14)19(20,21)22/h2-10H,1H3,(H,24,29)(H,25,30). The third-order valence-electron chi connectivity index (χ3n) is 3.95. The van der Waals surface area contributed by atoms with Crippen molar-refractivity contribution in [3.05, 3.63) is 87.6 Å². The van der Waals surface area contributed by atoms with Crippen molar-refractivity contribution >= 4 is 11.8 Å². The van der Waals surface area contributed by atoms with E-state index in [1.54, 1.807) is 0 Å². The van der Waals surface area contributed by atoms with E-state index in [0.29, 0.717) is 0 Å². The van der Waals surface area contributed by atoms with Crippen molar-refractivity contribution in [2.45, 2.75) is 13.1 Å². The van der Waals surface area contributed by atoms with E-state index in [0.717, 1.165) is 22.9 Å². The van der Waals surface area contributed by atoms with Gasteiger partial charge < -0.3 is 0 Å². The van der Waals surface area contributed by atoms with Gasteiger partial charge >= 0.3 is 6.18 Å². The number of hydrazine groups is 1. The van der Waals surface area contributed by atoms with Gasteiger partial charge in [0.25, 0.3) is 11.8 Å². The van der Waals surface area contributed by atoms with E-state index < -0.39 is 34.7 Å². The molecule has 154 valence electrons. The second-order valence-electron chi connectivity index (χ2n) is 6.11. The molecule has 2 aromatic heterocycles. The van der Waals surface area contributed by atoms with Gasteiger partial charge in [0.05, 0.1) is 16.8 Å². The van der Waals surface area contributed by atoms with Crippen LogP contribution in [-0.2, 0) is 6.18 Å². The first kappa shape index (κ1) is 20.7. The Bertz CT molecular complexity index is 1160. The van der Waals surface area contributed by atoms with Gasteiger partial charge in [-0.3, -0.25) is 30.2 Å². The van der Waals surface area contributed by atoms with Crippen LogP contribution in [0.1, 0.15) is 32.1 Å². The second kappa shape index (κ2) is 8.15. The number of amides is 2. The molecule has 0 aliphatic heterocycles. The Hall–Kier alpha value is -4.02. The molecule has 2 heterocycles. The fourth-order valence-corrected chi connectivity index (χ4v) is 2.52. The number of halogens is 3. The number of hydrogen-bond acceptors (Lipinski definition) is 5. The first-order chi connectivity index (χ1) is 14.2. The van der Waals surface area contributed by atoms with Crippen LogP contribution in [0.2, 0.25) is 0 Å². The summed E-state index contributed by atoms with van der Waals surface area (Å²) in [5.74, 6) is -1.71. The molecule has 0 aliphatic carbocycles. The molecule has 0 spiro atoms. The fraction of sp³-hybridized carbons (Fsp3) is 0.105. The van der Waals surface area contributed by atoms with E-state index in [-0.39, 0.29) is 16.9 Å². The summed E-state index contributed by atoms with van der Waals surface area (Å²) in [5.41, 5.74) is 2.28. The third-order valence-corrected chi connectivity index (χ3v) is 3.95. The monoisotopic (exact) mass is 417 g/mol. The van der Waals surface area contributed by atoms with Crippen molar-refractivity contribution in [2.75, 3.05) is 0 Å². The highest BCUT2D eigenvalue weighted by Crippen LogP contribution is 2.30. The predicted octanol–water partition coefficient (Wildman–Crippen LogP) is 2.03. The summed E-state index contributed by atoms with van der Waals surface area (Å²) in [6.45, 7) is 1.46. The molecule has 0 aliphatic rings. The van der Waals surface area contributed by atoms with Gasteiger partial charge in [-0.25, -0.2) is 4.68 Å². The van der Waals surface area contributed by atoms with Crippen LogP contribution in [0.25, 0.3) is 5.69 Å². The number of alkyl halides is 3. The molecule has 0 fully saturated rings. The van der Waals surface area contributed by atoms with E-state index in [9.17, 15) is 27.6 Å². The highest BCUT2D eigenvalue weighted by atomic mass is 19.4. The van der Waals surface area contributed by atoms with Crippen LogP contribution in [-0.4, -0.2) is 26.6 Å². The molecule has 0 unspecified atom stereocenters. The predicted molar refractivity (Wildman–Crippen MR) is 98.7 cm³/mol. The quantitative estimate of drug-likeness (QED) is 0.635. The maximum Gasteiger partial charge on any atom is 0.416 e. The number of rotatable bonds is 3. The molecular weight excluding hydrogens is 403 g/mol. The van der Waals surface area contributed by atoms with Crippen LogP contribution in [0.15, 0.2) is 59.7 Å². The van der Waals surface area contributed by atoms with Gasteiger partial charge in [0.1, 0.15) is 0 Å². The van der Waals surface area contributed by atoms with Crippen LogP contribution in [0.4, 0.5) is 13.2 Å². The molecule has 0 saturated carbocycles. The summed E-state index contributed by atoms with van der Waals surface area (Å²) in [6, 6.07) is 8.31. The lowest BCUT2D eigenvalue weighted by molar-refractivity contribution is -0.137. The molecule has 1 aromatic carbocycles. The van der Waals surface area contributed by atoms with Gasteiger partial charge in [0.2, 0.25) is 5.43 Å². The third kappa shape index (κ3) is 4.51. The van der Waals surface area contributed by atoms with Gasteiger partial charge in [0, 0.05) is 24.2 Å². The lowest BCUT2D eigenvalue weighted by atomic mass is 10.2. The van der Waals surface area contributed by atoms with E-state index in [1.807, 2.05) is 5.43 Å². The maximum atomic E-state index is 13.0. The minimum Gasteiger partial charge on any atom is -0.287 e. The molecule has 0 radical (unpaired) electrons. The topological polar surface area (TPSA) is 106 Å². The molecule has 30 heavy (non-hydrogen) atoms. The molecule has 0 bridgehead atoms. The zero-order valence-electron chi connectivity index (χ0n) is 15.4. The Kier molecular flexibility index (Phi) is 5.63.